The highest BCUT2D eigenvalue weighted by molar-refractivity contribution is 7.47. The maximum atomic E-state index is 12.7. The van der Waals surface area contributed by atoms with E-state index in [1.165, 1.54) is 83.5 Å². The van der Waals surface area contributed by atoms with Crippen LogP contribution in [0.1, 0.15) is 162 Å². The lowest BCUT2D eigenvalue weighted by Gasteiger charge is -2.24. The molecule has 0 spiro atoms. The summed E-state index contributed by atoms with van der Waals surface area (Å²) in [7, 11) is 1.58. The molecule has 0 aliphatic heterocycles. The lowest BCUT2D eigenvalue weighted by molar-refractivity contribution is -0.870. The second-order valence-corrected chi connectivity index (χ2v) is 17.2. The number of unbranched alkanes of at least 4 members (excludes halogenated alkanes) is 14. The van der Waals surface area contributed by atoms with E-state index in [0.29, 0.717) is 17.4 Å². The van der Waals surface area contributed by atoms with Crippen molar-refractivity contribution in [2.24, 2.45) is 0 Å². The summed E-state index contributed by atoms with van der Waals surface area (Å²) in [5.41, 5.74) is 0. The minimum absolute atomic E-state index is 0.0137. The van der Waals surface area contributed by atoms with Crippen LogP contribution in [0.4, 0.5) is 0 Å². The first-order valence-electron chi connectivity index (χ1n) is 22.4. The Morgan fingerprint density at radius 1 is 0.579 bits per heavy atom. The topological polar surface area (TPSA) is 91.3 Å². The average Bonchev–Trinajstić information content (AvgIpc) is 3.16. The van der Waals surface area contributed by atoms with Gasteiger partial charge in [0.15, 0.2) is 6.10 Å². The third-order valence-electron chi connectivity index (χ3n) is 9.05. The standard InChI is InChI=1S/C48H84NO7P/c1-6-8-10-12-14-16-18-20-22-24-25-26-27-29-31-33-35-37-39-41-48(50)56-47(46-55-57(51,52)54-44-42-49(3,4)5)45-53-43-40-38-36-34-32-30-28-23-21-19-17-15-13-11-9-7-2/h8,10,14,16,20,22,25-26,29,31,35,37,40,43,47H,6-7,9,11-13,15,17-19,21,23-24,27-28,30,32-34,36,38-39,41-42,44-46H2,1-5H3/p+1/b10-8+,16-14+,22-20+,26-25+,31-29+,37-35+,43-40+/t47-/m1/s1. The van der Waals surface area contributed by atoms with Crippen molar-refractivity contribution >= 4 is 13.8 Å². The van der Waals surface area contributed by atoms with Crippen molar-refractivity contribution in [1.29, 1.82) is 0 Å². The molecule has 0 aromatic carbocycles. The van der Waals surface area contributed by atoms with Gasteiger partial charge in [-0.1, -0.05) is 170 Å². The first-order valence-corrected chi connectivity index (χ1v) is 23.9. The first-order chi connectivity index (χ1) is 27.6. The van der Waals surface area contributed by atoms with Crippen LogP contribution in [0.5, 0.6) is 0 Å². The van der Waals surface area contributed by atoms with E-state index >= 15 is 0 Å². The minimum Gasteiger partial charge on any atom is -0.498 e. The summed E-state index contributed by atoms with van der Waals surface area (Å²) in [6.45, 7) is 4.72. The van der Waals surface area contributed by atoms with Gasteiger partial charge < -0.3 is 18.9 Å². The number of hydrogen-bond acceptors (Lipinski definition) is 6. The van der Waals surface area contributed by atoms with Gasteiger partial charge >= 0.3 is 13.8 Å². The van der Waals surface area contributed by atoms with Crippen molar-refractivity contribution in [3.63, 3.8) is 0 Å². The number of ether oxygens (including phenoxy) is 2. The Hall–Kier alpha value is -2.48. The number of carbonyl (C=O) groups is 1. The van der Waals surface area contributed by atoms with Crippen LogP contribution in [0, 0.1) is 0 Å². The molecule has 0 saturated carbocycles. The van der Waals surface area contributed by atoms with Crippen LogP contribution in [-0.4, -0.2) is 69.0 Å². The zero-order chi connectivity index (χ0) is 42.0. The molecule has 0 saturated heterocycles. The molecule has 0 heterocycles. The fourth-order valence-corrected chi connectivity index (χ4v) is 6.34. The quantitative estimate of drug-likeness (QED) is 0.0164. The second-order valence-electron chi connectivity index (χ2n) is 15.8. The number of likely N-dealkylation sites (N-methyl/N-ethyl adjacent to an activating group) is 1. The Bertz CT molecular complexity index is 1180. The van der Waals surface area contributed by atoms with Crippen LogP contribution in [-0.2, 0) is 27.9 Å². The molecule has 9 heteroatoms. The number of esters is 1. The van der Waals surface area contributed by atoms with Crippen molar-refractivity contribution in [1.82, 2.24) is 0 Å². The predicted octanol–water partition coefficient (Wildman–Crippen LogP) is 13.6. The number of hydrogen-bond donors (Lipinski definition) is 1. The van der Waals surface area contributed by atoms with Crippen molar-refractivity contribution in [3.05, 3.63) is 85.3 Å². The van der Waals surface area contributed by atoms with E-state index in [0.717, 1.165) is 51.4 Å². The summed E-state index contributed by atoms with van der Waals surface area (Å²) >= 11 is 0. The second kappa shape index (κ2) is 40.3. The van der Waals surface area contributed by atoms with Crippen molar-refractivity contribution in [3.8, 4) is 0 Å². The molecule has 57 heavy (non-hydrogen) atoms. The van der Waals surface area contributed by atoms with Gasteiger partial charge in [-0.05, 0) is 63.9 Å². The summed E-state index contributed by atoms with van der Waals surface area (Å²) in [6.07, 6.45) is 54.4. The van der Waals surface area contributed by atoms with Crippen LogP contribution in [0.15, 0.2) is 85.3 Å². The molecule has 328 valence electrons. The van der Waals surface area contributed by atoms with Crippen LogP contribution in [0.3, 0.4) is 0 Å². The van der Waals surface area contributed by atoms with Gasteiger partial charge in [-0.25, -0.2) is 4.57 Å². The van der Waals surface area contributed by atoms with Crippen LogP contribution < -0.4 is 0 Å². The monoisotopic (exact) mass is 819 g/mol. The van der Waals surface area contributed by atoms with E-state index in [4.69, 9.17) is 18.5 Å². The number of allylic oxidation sites excluding steroid dienone is 13. The Morgan fingerprint density at radius 2 is 1.04 bits per heavy atom. The Balaban J connectivity index is 4.43. The van der Waals surface area contributed by atoms with Crippen LogP contribution in [0.2, 0.25) is 0 Å². The summed E-state index contributed by atoms with van der Waals surface area (Å²) in [6, 6.07) is 0. The maximum absolute atomic E-state index is 12.7. The van der Waals surface area contributed by atoms with E-state index < -0.39 is 19.9 Å². The zero-order valence-corrected chi connectivity index (χ0v) is 37.9. The Labute approximate surface area is 350 Å². The van der Waals surface area contributed by atoms with Gasteiger partial charge in [0.05, 0.1) is 34.0 Å². The lowest BCUT2D eigenvalue weighted by atomic mass is 10.0. The minimum atomic E-state index is -4.32. The molecule has 0 rings (SSSR count). The molecule has 1 N–H and O–H groups in total. The number of rotatable bonds is 40. The molecule has 0 aromatic heterocycles. The van der Waals surface area contributed by atoms with Crippen LogP contribution in [0.25, 0.3) is 0 Å². The highest BCUT2D eigenvalue weighted by atomic mass is 31.2. The molecule has 0 amide bonds. The highest BCUT2D eigenvalue weighted by Gasteiger charge is 2.26. The highest BCUT2D eigenvalue weighted by Crippen LogP contribution is 2.43. The van der Waals surface area contributed by atoms with Crippen molar-refractivity contribution < 1.29 is 37.3 Å². The molecular weight excluding hydrogens is 734 g/mol. The number of carbonyl (C=O) groups excluding carboxylic acids is 1. The molecule has 8 nitrogen and oxygen atoms in total. The molecule has 0 bridgehead atoms. The van der Waals surface area contributed by atoms with Gasteiger partial charge in [0, 0.05) is 6.42 Å². The fourth-order valence-electron chi connectivity index (χ4n) is 5.60. The Morgan fingerprint density at radius 3 is 1.51 bits per heavy atom. The average molecular weight is 819 g/mol. The molecule has 0 aliphatic carbocycles. The SMILES string of the molecule is CC/C=C/C/C=C/C/C=C/C/C=C/C/C=C/C/C=C/CCC(=O)O[C@H](CO/C=C/CCCCCCCCCCCCCCCC)COP(=O)(O)OCC[N+](C)(C)C. The van der Waals surface area contributed by atoms with Gasteiger partial charge in [0.1, 0.15) is 19.8 Å². The van der Waals surface area contributed by atoms with E-state index in [1.54, 1.807) is 6.26 Å². The summed E-state index contributed by atoms with van der Waals surface area (Å²) in [4.78, 5) is 22.8. The third kappa shape index (κ3) is 44.5. The Kier molecular flexibility index (Phi) is 38.6. The van der Waals surface area contributed by atoms with Gasteiger partial charge in [-0.2, -0.15) is 0 Å². The van der Waals surface area contributed by atoms with Crippen molar-refractivity contribution in [2.45, 2.75) is 168 Å². The molecule has 1 unspecified atom stereocenters. The summed E-state index contributed by atoms with van der Waals surface area (Å²) in [5.74, 6) is -0.420. The largest absolute Gasteiger partial charge is 0.498 e. The maximum Gasteiger partial charge on any atom is 0.472 e. The summed E-state index contributed by atoms with van der Waals surface area (Å²) < 4.78 is 34.7. The smallest absolute Gasteiger partial charge is 0.472 e. The molecule has 0 aromatic rings. The number of phosphoric acid groups is 1. The normalized spacial score (nSPS) is 14.5. The van der Waals surface area contributed by atoms with Gasteiger partial charge in [0.25, 0.3) is 0 Å². The van der Waals surface area contributed by atoms with E-state index in [2.05, 4.69) is 74.6 Å². The number of nitrogens with zero attached hydrogens (tertiary/aromatic N) is 1. The third-order valence-corrected chi connectivity index (χ3v) is 10.0. The zero-order valence-electron chi connectivity index (χ0n) is 37.0. The number of phosphoric ester groups is 1. The molecular formula is C48H85NO7P+. The number of quaternary nitrogens is 1. The molecule has 0 aliphatic rings. The fraction of sp³-hybridized carbons (Fsp3) is 0.688. The lowest BCUT2D eigenvalue weighted by Crippen LogP contribution is -2.37. The molecule has 0 radical (unpaired) electrons. The van der Waals surface area contributed by atoms with Gasteiger partial charge in [-0.15, -0.1) is 0 Å². The van der Waals surface area contributed by atoms with E-state index in [-0.39, 0.29) is 26.2 Å². The van der Waals surface area contributed by atoms with Gasteiger partial charge in [-0.3, -0.25) is 13.8 Å². The van der Waals surface area contributed by atoms with E-state index in [9.17, 15) is 14.3 Å². The predicted molar refractivity (Wildman–Crippen MR) is 242 cm³/mol. The summed E-state index contributed by atoms with van der Waals surface area (Å²) in [5, 5.41) is 0. The van der Waals surface area contributed by atoms with E-state index in [1.807, 2.05) is 39.4 Å². The first kappa shape index (κ1) is 54.5. The molecule has 0 fully saturated rings. The van der Waals surface area contributed by atoms with Gasteiger partial charge in [0.2, 0.25) is 0 Å². The van der Waals surface area contributed by atoms with Crippen molar-refractivity contribution in [2.75, 3.05) is 47.5 Å². The molecule has 2 atom stereocenters. The van der Waals surface area contributed by atoms with Crippen LogP contribution >= 0.6 is 7.82 Å².